The first-order chi connectivity index (χ1) is 20.8. The third kappa shape index (κ3) is 9.63. The first-order valence-corrected chi connectivity index (χ1v) is 15.5. The van der Waals surface area contributed by atoms with E-state index in [0.717, 1.165) is 49.3 Å². The van der Waals surface area contributed by atoms with Gasteiger partial charge in [-0.25, -0.2) is 4.79 Å². The van der Waals surface area contributed by atoms with Crippen molar-refractivity contribution < 1.29 is 23.7 Å². The van der Waals surface area contributed by atoms with Crippen LogP contribution in [0.25, 0.3) is 0 Å². The molecule has 2 fully saturated rings. The van der Waals surface area contributed by atoms with Crippen molar-refractivity contribution in [3.05, 3.63) is 108 Å². The average molecular weight is 587 g/mol. The molecule has 0 aliphatic carbocycles. The molecule has 2 unspecified atom stereocenters. The SMILES string of the molecule is CC(C)(C)OC(=O)N1CCC(CN2C[C@H](OCc3ccccc3)C(OCc3ccccc3)[C@H](OCc3ccccc3)C2)C1. The van der Waals surface area contributed by atoms with Crippen LogP contribution in [0.3, 0.4) is 0 Å². The maximum Gasteiger partial charge on any atom is 0.410 e. The molecule has 3 aromatic carbocycles. The molecule has 0 saturated carbocycles. The molecule has 1 amide bonds. The fourth-order valence-electron chi connectivity index (χ4n) is 5.85. The number of benzene rings is 3. The maximum absolute atomic E-state index is 12.7. The highest BCUT2D eigenvalue weighted by atomic mass is 16.6. The Morgan fingerprint density at radius 2 is 1.16 bits per heavy atom. The van der Waals surface area contributed by atoms with Gasteiger partial charge in [-0.1, -0.05) is 91.0 Å². The normalized spacial score (nSPS) is 22.9. The fourth-order valence-corrected chi connectivity index (χ4v) is 5.85. The zero-order valence-electron chi connectivity index (χ0n) is 25.8. The van der Waals surface area contributed by atoms with Gasteiger partial charge in [-0.3, -0.25) is 4.90 Å². The van der Waals surface area contributed by atoms with Crippen molar-refractivity contribution in [2.75, 3.05) is 32.7 Å². The highest BCUT2D eigenvalue weighted by Crippen LogP contribution is 2.27. The van der Waals surface area contributed by atoms with Crippen molar-refractivity contribution in [2.24, 2.45) is 5.92 Å². The van der Waals surface area contributed by atoms with Crippen molar-refractivity contribution in [3.8, 4) is 0 Å². The molecule has 2 aliphatic rings. The van der Waals surface area contributed by atoms with Gasteiger partial charge in [-0.15, -0.1) is 0 Å². The van der Waals surface area contributed by atoms with Crippen LogP contribution in [0.15, 0.2) is 91.0 Å². The summed E-state index contributed by atoms with van der Waals surface area (Å²) in [6.07, 6.45) is 0.139. The summed E-state index contributed by atoms with van der Waals surface area (Å²) in [4.78, 5) is 17.0. The Morgan fingerprint density at radius 3 is 1.63 bits per heavy atom. The molecule has 0 aromatic heterocycles. The summed E-state index contributed by atoms with van der Waals surface area (Å²) in [6, 6.07) is 30.8. The highest BCUT2D eigenvalue weighted by Gasteiger charge is 2.41. The van der Waals surface area contributed by atoms with Crippen LogP contribution < -0.4 is 0 Å². The van der Waals surface area contributed by atoms with Gasteiger partial charge in [0.15, 0.2) is 0 Å². The minimum absolute atomic E-state index is 0.179. The minimum Gasteiger partial charge on any atom is -0.444 e. The van der Waals surface area contributed by atoms with Gasteiger partial charge >= 0.3 is 6.09 Å². The van der Waals surface area contributed by atoms with Crippen molar-refractivity contribution in [2.45, 2.75) is 70.9 Å². The number of piperidine rings is 1. The molecule has 230 valence electrons. The Labute approximate surface area is 256 Å². The van der Waals surface area contributed by atoms with E-state index in [0.29, 0.717) is 32.3 Å². The summed E-state index contributed by atoms with van der Waals surface area (Å²) in [5, 5.41) is 0. The second kappa shape index (κ2) is 15.0. The molecule has 7 heteroatoms. The number of ether oxygens (including phenoxy) is 4. The zero-order valence-corrected chi connectivity index (χ0v) is 25.8. The van der Waals surface area contributed by atoms with E-state index < -0.39 is 5.60 Å². The predicted octanol–water partition coefficient (Wildman–Crippen LogP) is 6.32. The predicted molar refractivity (Wildman–Crippen MR) is 167 cm³/mol. The van der Waals surface area contributed by atoms with Crippen LogP contribution in [0.4, 0.5) is 4.79 Å². The van der Waals surface area contributed by atoms with Gasteiger partial charge in [0.25, 0.3) is 0 Å². The first kappa shape index (κ1) is 31.2. The van der Waals surface area contributed by atoms with E-state index in [1.165, 1.54) is 0 Å². The van der Waals surface area contributed by atoms with Crippen LogP contribution in [0, 0.1) is 5.92 Å². The lowest BCUT2D eigenvalue weighted by atomic mass is 9.98. The number of hydrogen-bond donors (Lipinski definition) is 0. The Bertz CT molecular complexity index is 1200. The van der Waals surface area contributed by atoms with Crippen LogP contribution in [0.5, 0.6) is 0 Å². The smallest absolute Gasteiger partial charge is 0.410 e. The van der Waals surface area contributed by atoms with Crippen LogP contribution >= 0.6 is 0 Å². The van der Waals surface area contributed by atoms with Crippen LogP contribution in [0.1, 0.15) is 43.9 Å². The molecule has 3 aromatic rings. The summed E-state index contributed by atoms with van der Waals surface area (Å²) in [5.41, 5.74) is 2.89. The summed E-state index contributed by atoms with van der Waals surface area (Å²) in [5.74, 6) is 0.360. The molecule has 5 rings (SSSR count). The molecular weight excluding hydrogens is 540 g/mol. The third-order valence-electron chi connectivity index (χ3n) is 7.96. The Balaban J connectivity index is 1.30. The number of likely N-dealkylation sites (tertiary alicyclic amines) is 2. The molecule has 7 nitrogen and oxygen atoms in total. The number of rotatable bonds is 11. The molecule has 2 heterocycles. The number of carbonyl (C=O) groups is 1. The molecule has 4 atom stereocenters. The van der Waals surface area contributed by atoms with E-state index in [4.69, 9.17) is 18.9 Å². The minimum atomic E-state index is -0.497. The second-order valence-electron chi connectivity index (χ2n) is 12.7. The molecular formula is C36H46N2O5. The van der Waals surface area contributed by atoms with Gasteiger partial charge in [0, 0.05) is 32.7 Å². The summed E-state index contributed by atoms with van der Waals surface area (Å²) < 4.78 is 25.5. The average Bonchev–Trinajstić information content (AvgIpc) is 3.48. The highest BCUT2D eigenvalue weighted by molar-refractivity contribution is 5.68. The Kier molecular flexibility index (Phi) is 10.9. The van der Waals surface area contributed by atoms with E-state index in [-0.39, 0.29) is 24.4 Å². The van der Waals surface area contributed by atoms with Gasteiger partial charge in [-0.2, -0.15) is 0 Å². The molecule has 0 spiro atoms. The Hall–Kier alpha value is -3.23. The lowest BCUT2D eigenvalue weighted by molar-refractivity contribution is -0.185. The molecule has 2 saturated heterocycles. The van der Waals surface area contributed by atoms with Gasteiger partial charge in [-0.05, 0) is 49.8 Å². The quantitative estimate of drug-likeness (QED) is 0.262. The molecule has 43 heavy (non-hydrogen) atoms. The monoisotopic (exact) mass is 586 g/mol. The van der Waals surface area contributed by atoms with Crippen molar-refractivity contribution in [1.29, 1.82) is 0 Å². The topological polar surface area (TPSA) is 60.5 Å². The number of amides is 1. The molecule has 0 bridgehead atoms. The van der Waals surface area contributed by atoms with Crippen molar-refractivity contribution in [3.63, 3.8) is 0 Å². The molecule has 2 aliphatic heterocycles. The maximum atomic E-state index is 12.7. The number of carbonyl (C=O) groups excluding carboxylic acids is 1. The number of hydrogen-bond acceptors (Lipinski definition) is 6. The largest absolute Gasteiger partial charge is 0.444 e. The van der Waals surface area contributed by atoms with E-state index in [2.05, 4.69) is 41.3 Å². The first-order valence-electron chi connectivity index (χ1n) is 15.5. The van der Waals surface area contributed by atoms with E-state index in [1.807, 2.05) is 80.3 Å². The van der Waals surface area contributed by atoms with E-state index in [9.17, 15) is 4.79 Å². The van der Waals surface area contributed by atoms with Crippen LogP contribution in [0.2, 0.25) is 0 Å². The van der Waals surface area contributed by atoms with E-state index in [1.54, 1.807) is 0 Å². The molecule has 0 N–H and O–H groups in total. The van der Waals surface area contributed by atoms with Crippen molar-refractivity contribution in [1.82, 2.24) is 9.80 Å². The fraction of sp³-hybridized carbons (Fsp3) is 0.472. The van der Waals surface area contributed by atoms with Gasteiger partial charge in [0.1, 0.15) is 11.7 Å². The lowest BCUT2D eigenvalue weighted by Gasteiger charge is -2.43. The second-order valence-corrected chi connectivity index (χ2v) is 12.7. The van der Waals surface area contributed by atoms with Crippen LogP contribution in [-0.4, -0.2) is 72.5 Å². The lowest BCUT2D eigenvalue weighted by Crippen LogP contribution is -2.58. The van der Waals surface area contributed by atoms with Gasteiger partial charge in [0.05, 0.1) is 32.0 Å². The molecule has 0 radical (unpaired) electrons. The summed E-state index contributed by atoms with van der Waals surface area (Å²) >= 11 is 0. The van der Waals surface area contributed by atoms with Crippen LogP contribution in [-0.2, 0) is 38.8 Å². The zero-order chi connectivity index (χ0) is 30.1. The van der Waals surface area contributed by atoms with Gasteiger partial charge in [0.2, 0.25) is 0 Å². The van der Waals surface area contributed by atoms with Gasteiger partial charge < -0.3 is 23.8 Å². The third-order valence-corrected chi connectivity index (χ3v) is 7.96. The summed E-state index contributed by atoms with van der Waals surface area (Å²) in [7, 11) is 0. The summed E-state index contributed by atoms with van der Waals surface area (Å²) in [6.45, 7) is 11.0. The Morgan fingerprint density at radius 1 is 0.698 bits per heavy atom. The van der Waals surface area contributed by atoms with E-state index >= 15 is 0 Å². The number of nitrogens with zero attached hydrogens (tertiary/aromatic N) is 2. The standard InChI is InChI=1S/C36H46N2O5/c1-36(2,3)43-35(39)38-20-19-31(22-38)21-37-23-32(40-25-28-13-7-4-8-14-28)34(42-27-30-17-11-6-12-18-30)33(24-37)41-26-29-15-9-5-10-16-29/h4-18,31-34H,19-27H2,1-3H3/t31?,32-,33+,34?. The van der Waals surface area contributed by atoms with Crippen molar-refractivity contribution >= 4 is 6.09 Å².